The van der Waals surface area contributed by atoms with E-state index in [1.54, 1.807) is 46.0 Å². The van der Waals surface area contributed by atoms with Gasteiger partial charge >= 0.3 is 17.9 Å². The van der Waals surface area contributed by atoms with Crippen LogP contribution in [0.15, 0.2) is 101 Å². The van der Waals surface area contributed by atoms with Crippen molar-refractivity contribution < 1.29 is 40.2 Å². The number of carbonyl (C=O) groups is 2. The molecule has 0 atom stereocenters. The monoisotopic (exact) mass is 792 g/mol. The predicted octanol–water partition coefficient (Wildman–Crippen LogP) is 4.54. The molecule has 0 aliphatic carbocycles. The Morgan fingerprint density at radius 2 is 1.62 bits per heavy atom. The van der Waals surface area contributed by atoms with Gasteiger partial charge in [-0.1, -0.05) is 24.3 Å². The Morgan fingerprint density at radius 1 is 0.982 bits per heavy atom. The molecule has 0 bridgehead atoms. The number of piperidine rings is 1. The molecule has 14 nitrogen and oxygen atoms in total. The molecule has 2 aromatic heterocycles. The van der Waals surface area contributed by atoms with Crippen molar-refractivity contribution in [1.29, 1.82) is 5.26 Å². The van der Waals surface area contributed by atoms with E-state index in [9.17, 15) is 45.8 Å². The van der Waals surface area contributed by atoms with Crippen molar-refractivity contribution in [3.63, 3.8) is 0 Å². The number of aromatic nitrogens is 4. The fourth-order valence-corrected chi connectivity index (χ4v) is 6.66. The maximum atomic E-state index is 14.0. The van der Waals surface area contributed by atoms with Crippen molar-refractivity contribution in [2.45, 2.75) is 36.9 Å². The van der Waals surface area contributed by atoms with Gasteiger partial charge in [-0.2, -0.15) is 18.4 Å². The van der Waals surface area contributed by atoms with Crippen molar-refractivity contribution in [1.82, 2.24) is 28.9 Å². The number of rotatable bonds is 7. The second-order valence-electron chi connectivity index (χ2n) is 14.0. The highest BCUT2D eigenvalue weighted by atomic mass is 32.2. The average molecular weight is 793 g/mol. The van der Waals surface area contributed by atoms with Crippen LogP contribution < -0.4 is 11.0 Å². The normalized spacial score (nSPS) is 13.7. The molecular weight excluding hydrogens is 754 g/mol. The third-order valence-corrected chi connectivity index (χ3v) is 9.71. The van der Waals surface area contributed by atoms with E-state index in [1.165, 1.54) is 49.5 Å². The molecule has 1 saturated heterocycles. The Hall–Kier alpha value is -6.03. The number of carbonyl (C=O) groups excluding carboxylic acids is 2. The first-order chi connectivity index (χ1) is 26.3. The number of benzene rings is 3. The van der Waals surface area contributed by atoms with Crippen LogP contribution in [0.5, 0.6) is 0 Å². The highest BCUT2D eigenvalue weighted by Gasteiger charge is 2.33. The van der Waals surface area contributed by atoms with Crippen molar-refractivity contribution in [3.8, 4) is 29.0 Å². The number of hydrogen-bond acceptors (Lipinski definition) is 8. The number of nitriles is 1. The largest absolute Gasteiger partial charge is 0.744 e. The molecule has 1 aliphatic rings. The van der Waals surface area contributed by atoms with E-state index in [-0.39, 0.29) is 39.7 Å². The molecule has 0 spiro atoms. The number of imidazole rings is 2. The third kappa shape index (κ3) is 9.60. The lowest BCUT2D eigenvalue weighted by molar-refractivity contribution is -0.862. The Balaban J connectivity index is 0.000000522. The van der Waals surface area contributed by atoms with Crippen molar-refractivity contribution in [2.75, 3.05) is 40.8 Å². The van der Waals surface area contributed by atoms with Crippen LogP contribution in [0.1, 0.15) is 29.7 Å². The molecule has 6 rings (SSSR count). The molecular formula is C38H39F3N8O6S. The molecule has 18 heteroatoms. The number of nitrogens with one attached hydrogen (secondary N) is 1. The van der Waals surface area contributed by atoms with E-state index in [0.717, 1.165) is 21.3 Å². The van der Waals surface area contributed by atoms with E-state index in [2.05, 4.69) is 16.4 Å². The van der Waals surface area contributed by atoms with Gasteiger partial charge in [0.05, 0.1) is 54.6 Å². The van der Waals surface area contributed by atoms with Crippen LogP contribution in [0.2, 0.25) is 0 Å². The standard InChI is InChI=1S/C32H33F3N8O3.C6H6O3S/c1-21-28(29-37-14-17-40(29)25-10-8-22(19-36)9-11-25)42(31(46)41(21)26-7-5-6-23(18-26)32(33,34)35)30(45)38-24-12-15-39(16-13-24)27(44)20-43(2,3)4;7-10(8,9)6-4-2-1-3-5-6/h5-11,14,17-18,24H,12-13,15-16,20H2,1-4H3;1-5H,(H,7,8,9). The minimum absolute atomic E-state index is 0.0132. The van der Waals surface area contributed by atoms with E-state index in [4.69, 9.17) is 0 Å². The summed E-state index contributed by atoms with van der Waals surface area (Å²) in [5.74, 6) is 0.208. The molecule has 0 radical (unpaired) electrons. The molecule has 1 fully saturated rings. The fraction of sp³-hybridized carbons (Fsp3) is 0.289. The van der Waals surface area contributed by atoms with E-state index in [1.807, 2.05) is 21.1 Å². The lowest BCUT2D eigenvalue weighted by atomic mass is 10.1. The number of alkyl halides is 3. The van der Waals surface area contributed by atoms with Gasteiger partial charge in [0.2, 0.25) is 0 Å². The average Bonchev–Trinajstić information content (AvgIpc) is 3.72. The zero-order chi connectivity index (χ0) is 41.0. The SMILES string of the molecule is Cc1c(-c2nccn2-c2ccc(C#N)cc2)n(C(=O)NC2CCN(C(=O)C[N+](C)(C)C)CC2)c(=O)n1-c1cccc(C(F)(F)F)c1.O=S(=O)([O-])c1ccccc1. The minimum atomic E-state index is -4.65. The summed E-state index contributed by atoms with van der Waals surface area (Å²) in [4.78, 5) is 46.6. The summed E-state index contributed by atoms with van der Waals surface area (Å²) in [5, 5.41) is 12.1. The Labute approximate surface area is 321 Å². The molecule has 1 aliphatic heterocycles. The number of halogens is 3. The highest BCUT2D eigenvalue weighted by molar-refractivity contribution is 7.85. The summed E-state index contributed by atoms with van der Waals surface area (Å²) in [5.41, 5.74) is -0.575. The summed E-state index contributed by atoms with van der Waals surface area (Å²) in [6, 6.07) is 19.0. The number of amides is 2. The van der Waals surface area contributed by atoms with Gasteiger partial charge in [0, 0.05) is 37.2 Å². The first-order valence-corrected chi connectivity index (χ1v) is 18.7. The first kappa shape index (κ1) is 41.1. The van der Waals surface area contributed by atoms with Crippen molar-refractivity contribution in [3.05, 3.63) is 119 Å². The summed E-state index contributed by atoms with van der Waals surface area (Å²) < 4.78 is 75.8. The van der Waals surface area contributed by atoms with Crippen LogP contribution in [0.3, 0.4) is 0 Å². The van der Waals surface area contributed by atoms with Crippen LogP contribution >= 0.6 is 0 Å². The molecule has 0 saturated carbocycles. The second-order valence-corrected chi connectivity index (χ2v) is 15.4. The molecule has 0 unspecified atom stereocenters. The number of likely N-dealkylation sites (N-methyl/N-ethyl adjacent to an activating group) is 1. The maximum absolute atomic E-state index is 14.0. The first-order valence-electron chi connectivity index (χ1n) is 17.2. The number of quaternary nitrogens is 1. The summed E-state index contributed by atoms with van der Waals surface area (Å²) in [6.07, 6.45) is -0.625. The highest BCUT2D eigenvalue weighted by Crippen LogP contribution is 2.32. The molecule has 1 N–H and O–H groups in total. The van der Waals surface area contributed by atoms with Gasteiger partial charge < -0.3 is 19.3 Å². The zero-order valence-corrected chi connectivity index (χ0v) is 31.7. The minimum Gasteiger partial charge on any atom is -0.744 e. The summed E-state index contributed by atoms with van der Waals surface area (Å²) in [6.45, 7) is 2.73. The topological polar surface area (TPSA) is 175 Å². The molecule has 56 heavy (non-hydrogen) atoms. The van der Waals surface area contributed by atoms with Gasteiger partial charge in [-0.3, -0.25) is 13.9 Å². The van der Waals surface area contributed by atoms with Crippen LogP contribution in [0.4, 0.5) is 18.0 Å². The van der Waals surface area contributed by atoms with Crippen molar-refractivity contribution in [2.24, 2.45) is 0 Å². The van der Waals surface area contributed by atoms with Gasteiger partial charge in [0.15, 0.2) is 12.4 Å². The summed E-state index contributed by atoms with van der Waals surface area (Å²) >= 11 is 0. The lowest BCUT2D eigenvalue weighted by Crippen LogP contribution is -2.52. The molecule has 3 heterocycles. The smallest absolute Gasteiger partial charge is 0.416 e. The van der Waals surface area contributed by atoms with E-state index in [0.29, 0.717) is 48.2 Å². The van der Waals surface area contributed by atoms with Crippen molar-refractivity contribution >= 4 is 22.1 Å². The van der Waals surface area contributed by atoms with Crippen LogP contribution in [-0.2, 0) is 21.1 Å². The Morgan fingerprint density at radius 3 is 2.18 bits per heavy atom. The van der Waals surface area contributed by atoms with E-state index >= 15 is 0 Å². The molecule has 5 aromatic rings. The van der Waals surface area contributed by atoms with Crippen LogP contribution in [0, 0.1) is 18.3 Å². The number of hydrogen-bond donors (Lipinski definition) is 1. The number of nitrogens with zero attached hydrogens (tertiary/aromatic N) is 7. The molecule has 294 valence electrons. The molecule has 2 amide bonds. The van der Waals surface area contributed by atoms with Gasteiger partial charge in [0.25, 0.3) is 5.91 Å². The van der Waals surface area contributed by atoms with Gasteiger partial charge in [0.1, 0.15) is 15.8 Å². The van der Waals surface area contributed by atoms with E-state index < -0.39 is 33.6 Å². The lowest BCUT2D eigenvalue weighted by Gasteiger charge is -2.34. The van der Waals surface area contributed by atoms with Gasteiger partial charge in [-0.05, 0) is 74.4 Å². The fourth-order valence-electron chi connectivity index (χ4n) is 6.17. The van der Waals surface area contributed by atoms with Gasteiger partial charge in [-0.25, -0.2) is 27.6 Å². The quantitative estimate of drug-likeness (QED) is 0.185. The van der Waals surface area contributed by atoms with Gasteiger partial charge in [-0.15, -0.1) is 0 Å². The maximum Gasteiger partial charge on any atom is 0.416 e. The van der Waals surface area contributed by atoms with Crippen LogP contribution in [-0.4, -0.2) is 99.8 Å². The summed E-state index contributed by atoms with van der Waals surface area (Å²) in [7, 11) is 1.54. The zero-order valence-electron chi connectivity index (χ0n) is 30.9. The Kier molecular flexibility index (Phi) is 12.0. The second kappa shape index (κ2) is 16.4. The number of likely N-dealkylation sites (tertiary alicyclic amines) is 1. The predicted molar refractivity (Wildman–Crippen MR) is 198 cm³/mol. The van der Waals surface area contributed by atoms with Crippen LogP contribution in [0.25, 0.3) is 22.9 Å². The third-order valence-electron chi connectivity index (χ3n) is 8.86. The molecule has 3 aromatic carbocycles. The Bertz CT molecular complexity index is 2420.